The summed E-state index contributed by atoms with van der Waals surface area (Å²) in [5.41, 5.74) is 5.77. The summed E-state index contributed by atoms with van der Waals surface area (Å²) in [6, 6.07) is 6.50. The number of hydrogen-bond donors (Lipinski definition) is 1. The van der Waals surface area contributed by atoms with Gasteiger partial charge in [0.25, 0.3) is 0 Å². The van der Waals surface area contributed by atoms with Crippen molar-refractivity contribution in [1.29, 1.82) is 0 Å². The van der Waals surface area contributed by atoms with Gasteiger partial charge in [0, 0.05) is 23.6 Å². The smallest absolute Gasteiger partial charge is 0.136 e. The summed E-state index contributed by atoms with van der Waals surface area (Å²) in [4.78, 5) is 9.51. The van der Waals surface area contributed by atoms with E-state index in [2.05, 4.69) is 70.0 Å². The van der Waals surface area contributed by atoms with Crippen molar-refractivity contribution >= 4 is 5.82 Å². The molecule has 1 heterocycles. The molecule has 0 aliphatic heterocycles. The topological polar surface area (TPSA) is 37.8 Å². The third kappa shape index (κ3) is 3.07. The Morgan fingerprint density at radius 2 is 1.62 bits per heavy atom. The Labute approximate surface area is 127 Å². The van der Waals surface area contributed by atoms with Crippen LogP contribution < -0.4 is 5.32 Å². The van der Waals surface area contributed by atoms with Gasteiger partial charge in [0.15, 0.2) is 0 Å². The molecule has 112 valence electrons. The number of benzene rings is 1. The Morgan fingerprint density at radius 1 is 0.952 bits per heavy atom. The monoisotopic (exact) mass is 283 g/mol. The first-order valence-corrected chi connectivity index (χ1v) is 7.38. The van der Waals surface area contributed by atoms with Crippen molar-refractivity contribution in [3.05, 3.63) is 40.7 Å². The highest BCUT2D eigenvalue weighted by molar-refractivity contribution is 5.69. The largest absolute Gasteiger partial charge is 0.373 e. The SMILES string of the molecule is CNc1nc(C(C)(C)C)nc(-c2ccc(C)c(C)c2)c1C. The van der Waals surface area contributed by atoms with Gasteiger partial charge in [0.1, 0.15) is 11.6 Å². The fourth-order valence-electron chi connectivity index (χ4n) is 2.27. The minimum Gasteiger partial charge on any atom is -0.373 e. The summed E-state index contributed by atoms with van der Waals surface area (Å²) in [7, 11) is 1.91. The van der Waals surface area contributed by atoms with Crippen molar-refractivity contribution in [2.45, 2.75) is 47.0 Å². The number of aromatic nitrogens is 2. The van der Waals surface area contributed by atoms with Crippen LogP contribution in [0.15, 0.2) is 18.2 Å². The Kier molecular flexibility index (Phi) is 4.04. The van der Waals surface area contributed by atoms with Gasteiger partial charge in [-0.2, -0.15) is 0 Å². The van der Waals surface area contributed by atoms with E-state index in [0.29, 0.717) is 0 Å². The second-order valence-electron chi connectivity index (χ2n) is 6.67. The maximum Gasteiger partial charge on any atom is 0.136 e. The zero-order valence-electron chi connectivity index (χ0n) is 14.1. The summed E-state index contributed by atoms with van der Waals surface area (Å²) in [6.45, 7) is 12.8. The summed E-state index contributed by atoms with van der Waals surface area (Å²) < 4.78 is 0. The molecule has 0 unspecified atom stereocenters. The Bertz CT molecular complexity index is 667. The zero-order chi connectivity index (χ0) is 15.8. The first-order chi connectivity index (χ1) is 9.74. The average molecular weight is 283 g/mol. The highest BCUT2D eigenvalue weighted by Gasteiger charge is 2.21. The van der Waals surface area contributed by atoms with Gasteiger partial charge in [0.2, 0.25) is 0 Å². The first-order valence-electron chi connectivity index (χ1n) is 7.38. The van der Waals surface area contributed by atoms with Gasteiger partial charge >= 0.3 is 0 Å². The minimum atomic E-state index is -0.0756. The molecule has 0 aliphatic carbocycles. The summed E-state index contributed by atoms with van der Waals surface area (Å²) in [6.07, 6.45) is 0. The first kappa shape index (κ1) is 15.5. The Balaban J connectivity index is 2.69. The molecule has 0 bridgehead atoms. The number of rotatable bonds is 2. The molecular weight excluding hydrogens is 258 g/mol. The van der Waals surface area contributed by atoms with Gasteiger partial charge in [-0.15, -0.1) is 0 Å². The number of anilines is 1. The lowest BCUT2D eigenvalue weighted by Gasteiger charge is -2.20. The van der Waals surface area contributed by atoms with Gasteiger partial charge in [-0.3, -0.25) is 0 Å². The maximum absolute atomic E-state index is 4.84. The van der Waals surface area contributed by atoms with Crippen molar-refractivity contribution in [3.63, 3.8) is 0 Å². The lowest BCUT2D eigenvalue weighted by Crippen LogP contribution is -2.18. The van der Waals surface area contributed by atoms with E-state index in [-0.39, 0.29) is 5.41 Å². The molecule has 2 aromatic rings. The van der Waals surface area contributed by atoms with E-state index in [1.165, 1.54) is 11.1 Å². The van der Waals surface area contributed by atoms with E-state index in [0.717, 1.165) is 28.5 Å². The molecule has 1 aromatic heterocycles. The molecule has 2 rings (SSSR count). The molecule has 0 atom stereocenters. The molecule has 0 radical (unpaired) electrons. The minimum absolute atomic E-state index is 0.0756. The third-order valence-corrected chi connectivity index (χ3v) is 3.83. The predicted octanol–water partition coefficient (Wildman–Crippen LogP) is 4.41. The molecule has 0 saturated heterocycles. The van der Waals surface area contributed by atoms with Crippen LogP contribution in [0, 0.1) is 20.8 Å². The lowest BCUT2D eigenvalue weighted by atomic mass is 9.94. The second-order valence-corrected chi connectivity index (χ2v) is 6.67. The molecule has 0 aliphatic rings. The highest BCUT2D eigenvalue weighted by atomic mass is 15.0. The van der Waals surface area contributed by atoms with Crippen molar-refractivity contribution in [2.75, 3.05) is 12.4 Å². The fraction of sp³-hybridized carbons (Fsp3) is 0.444. The number of hydrogen-bond acceptors (Lipinski definition) is 3. The molecule has 0 saturated carbocycles. The van der Waals surface area contributed by atoms with Crippen LogP contribution in [0.2, 0.25) is 0 Å². The van der Waals surface area contributed by atoms with Crippen LogP contribution >= 0.6 is 0 Å². The fourth-order valence-corrected chi connectivity index (χ4v) is 2.27. The molecule has 3 nitrogen and oxygen atoms in total. The van der Waals surface area contributed by atoms with Crippen molar-refractivity contribution in [1.82, 2.24) is 9.97 Å². The molecule has 0 amide bonds. The van der Waals surface area contributed by atoms with Crippen LogP contribution in [0.1, 0.15) is 43.3 Å². The molecule has 21 heavy (non-hydrogen) atoms. The highest BCUT2D eigenvalue weighted by Crippen LogP contribution is 2.30. The number of aryl methyl sites for hydroxylation is 2. The molecule has 1 N–H and O–H groups in total. The van der Waals surface area contributed by atoms with E-state index in [1.807, 2.05) is 7.05 Å². The molecular formula is C18H25N3. The van der Waals surface area contributed by atoms with E-state index in [1.54, 1.807) is 0 Å². The molecule has 0 fully saturated rings. The lowest BCUT2D eigenvalue weighted by molar-refractivity contribution is 0.546. The third-order valence-electron chi connectivity index (χ3n) is 3.83. The van der Waals surface area contributed by atoms with E-state index >= 15 is 0 Å². The second kappa shape index (κ2) is 5.47. The van der Waals surface area contributed by atoms with Gasteiger partial charge < -0.3 is 5.32 Å². The van der Waals surface area contributed by atoms with Crippen LogP contribution in [0.5, 0.6) is 0 Å². The van der Waals surface area contributed by atoms with Crippen LogP contribution in [-0.4, -0.2) is 17.0 Å². The molecule has 0 spiro atoms. The summed E-state index contributed by atoms with van der Waals surface area (Å²) in [5, 5.41) is 3.19. The maximum atomic E-state index is 4.84. The van der Waals surface area contributed by atoms with Crippen molar-refractivity contribution < 1.29 is 0 Å². The quantitative estimate of drug-likeness (QED) is 0.887. The van der Waals surface area contributed by atoms with Crippen LogP contribution in [0.25, 0.3) is 11.3 Å². The standard InChI is InChI=1S/C18H25N3/c1-11-8-9-14(10-12(11)2)15-13(3)16(19-7)21-17(20-15)18(4,5)6/h8-10H,1-7H3,(H,19,20,21). The van der Waals surface area contributed by atoms with Gasteiger partial charge in [-0.25, -0.2) is 9.97 Å². The normalized spacial score (nSPS) is 11.6. The average Bonchev–Trinajstić information content (AvgIpc) is 2.41. The van der Waals surface area contributed by atoms with E-state index < -0.39 is 0 Å². The van der Waals surface area contributed by atoms with Crippen molar-refractivity contribution in [3.8, 4) is 11.3 Å². The van der Waals surface area contributed by atoms with Crippen LogP contribution in [-0.2, 0) is 5.41 Å². The Morgan fingerprint density at radius 3 is 2.14 bits per heavy atom. The van der Waals surface area contributed by atoms with E-state index in [9.17, 15) is 0 Å². The van der Waals surface area contributed by atoms with Gasteiger partial charge in [-0.05, 0) is 38.0 Å². The van der Waals surface area contributed by atoms with Gasteiger partial charge in [-0.1, -0.05) is 32.9 Å². The zero-order valence-corrected chi connectivity index (χ0v) is 14.1. The van der Waals surface area contributed by atoms with Crippen molar-refractivity contribution in [2.24, 2.45) is 0 Å². The van der Waals surface area contributed by atoms with Crippen LogP contribution in [0.3, 0.4) is 0 Å². The molecule has 1 aromatic carbocycles. The van der Waals surface area contributed by atoms with E-state index in [4.69, 9.17) is 4.98 Å². The predicted molar refractivity (Wildman–Crippen MR) is 89.9 cm³/mol. The van der Waals surface area contributed by atoms with Gasteiger partial charge in [0.05, 0.1) is 5.69 Å². The Hall–Kier alpha value is -1.90. The summed E-state index contributed by atoms with van der Waals surface area (Å²) >= 11 is 0. The number of nitrogens with zero attached hydrogens (tertiary/aromatic N) is 2. The molecule has 3 heteroatoms. The number of nitrogens with one attached hydrogen (secondary N) is 1. The summed E-state index contributed by atoms with van der Waals surface area (Å²) in [5.74, 6) is 1.77. The van der Waals surface area contributed by atoms with Crippen LogP contribution in [0.4, 0.5) is 5.82 Å².